The van der Waals surface area contributed by atoms with Crippen molar-refractivity contribution in [1.29, 1.82) is 0 Å². The fourth-order valence-corrected chi connectivity index (χ4v) is 2.84. The summed E-state index contributed by atoms with van der Waals surface area (Å²) < 4.78 is 1.96. The van der Waals surface area contributed by atoms with Crippen molar-refractivity contribution >= 4 is 11.3 Å². The first kappa shape index (κ1) is 13.1. The summed E-state index contributed by atoms with van der Waals surface area (Å²) >= 11 is 1.72. The van der Waals surface area contributed by atoms with Gasteiger partial charge < -0.3 is 5.32 Å². The van der Waals surface area contributed by atoms with Crippen molar-refractivity contribution in [1.82, 2.24) is 25.3 Å². The van der Waals surface area contributed by atoms with Crippen LogP contribution < -0.4 is 5.32 Å². The fraction of sp³-hybridized carbons (Fsp3) is 0.286. The first-order valence-corrected chi connectivity index (χ1v) is 7.47. The van der Waals surface area contributed by atoms with Crippen LogP contribution in [-0.4, -0.2) is 26.5 Å². The molecule has 0 amide bonds. The molecule has 0 aliphatic heterocycles. The van der Waals surface area contributed by atoms with Gasteiger partial charge in [-0.3, -0.25) is 9.78 Å². The number of nitrogens with one attached hydrogen (secondary N) is 2. The van der Waals surface area contributed by atoms with Gasteiger partial charge in [0.25, 0.3) is 0 Å². The van der Waals surface area contributed by atoms with Crippen LogP contribution in [0.25, 0.3) is 10.6 Å². The van der Waals surface area contributed by atoms with Crippen LogP contribution in [0.3, 0.4) is 0 Å². The zero-order chi connectivity index (χ0) is 13.8. The standard InChI is InChI=1S/C14H17N5S/c1-11-7-17-19(10-11)5-4-15-8-12-9-16-18-14(12)13-3-2-6-20-13/h2-3,6-7,9-10,15H,4-5,8H2,1H3,(H,16,18). The molecule has 0 radical (unpaired) electrons. The first-order valence-electron chi connectivity index (χ1n) is 6.59. The molecule has 0 fully saturated rings. The highest BCUT2D eigenvalue weighted by molar-refractivity contribution is 7.13. The van der Waals surface area contributed by atoms with Crippen molar-refractivity contribution in [3.05, 3.63) is 47.2 Å². The van der Waals surface area contributed by atoms with Crippen LogP contribution in [0, 0.1) is 6.92 Å². The van der Waals surface area contributed by atoms with Crippen molar-refractivity contribution in [3.8, 4) is 10.6 Å². The van der Waals surface area contributed by atoms with Crippen LogP contribution in [0.5, 0.6) is 0 Å². The second-order valence-corrected chi connectivity index (χ2v) is 5.65. The molecule has 0 aliphatic carbocycles. The number of rotatable bonds is 6. The number of thiophene rings is 1. The smallest absolute Gasteiger partial charge is 0.0794 e. The Morgan fingerprint density at radius 3 is 3.10 bits per heavy atom. The number of aromatic amines is 1. The van der Waals surface area contributed by atoms with Crippen molar-refractivity contribution in [3.63, 3.8) is 0 Å². The van der Waals surface area contributed by atoms with Crippen LogP contribution in [0.4, 0.5) is 0 Å². The van der Waals surface area contributed by atoms with E-state index in [0.717, 1.165) is 25.3 Å². The molecule has 3 rings (SSSR count). The van der Waals surface area contributed by atoms with Crippen LogP contribution in [0.1, 0.15) is 11.1 Å². The summed E-state index contributed by atoms with van der Waals surface area (Å²) in [5.41, 5.74) is 3.51. The summed E-state index contributed by atoms with van der Waals surface area (Å²) in [5, 5.41) is 17.0. The summed E-state index contributed by atoms with van der Waals surface area (Å²) in [5.74, 6) is 0. The van der Waals surface area contributed by atoms with E-state index in [0.29, 0.717) is 0 Å². The molecule has 0 saturated heterocycles. The zero-order valence-corrected chi connectivity index (χ0v) is 12.2. The Bertz CT molecular complexity index is 653. The van der Waals surface area contributed by atoms with E-state index >= 15 is 0 Å². The number of nitrogens with zero attached hydrogens (tertiary/aromatic N) is 3. The minimum Gasteiger partial charge on any atom is -0.311 e. The molecule has 3 heterocycles. The van der Waals surface area contributed by atoms with E-state index < -0.39 is 0 Å². The van der Waals surface area contributed by atoms with Gasteiger partial charge in [0.15, 0.2) is 0 Å². The van der Waals surface area contributed by atoms with Crippen molar-refractivity contribution in [2.75, 3.05) is 6.54 Å². The number of hydrogen-bond acceptors (Lipinski definition) is 4. The lowest BCUT2D eigenvalue weighted by Crippen LogP contribution is -2.19. The highest BCUT2D eigenvalue weighted by atomic mass is 32.1. The Hall–Kier alpha value is -1.92. The summed E-state index contributed by atoms with van der Waals surface area (Å²) in [6.45, 7) is 4.62. The molecule has 0 aliphatic rings. The van der Waals surface area contributed by atoms with E-state index in [4.69, 9.17) is 0 Å². The van der Waals surface area contributed by atoms with E-state index in [9.17, 15) is 0 Å². The van der Waals surface area contributed by atoms with Gasteiger partial charge in [0.05, 0.1) is 29.5 Å². The number of H-pyrrole nitrogens is 1. The van der Waals surface area contributed by atoms with Gasteiger partial charge >= 0.3 is 0 Å². The highest BCUT2D eigenvalue weighted by Crippen LogP contribution is 2.25. The van der Waals surface area contributed by atoms with Crippen LogP contribution in [0.2, 0.25) is 0 Å². The average molecular weight is 287 g/mol. The van der Waals surface area contributed by atoms with E-state index in [1.54, 1.807) is 11.3 Å². The van der Waals surface area contributed by atoms with Gasteiger partial charge in [-0.05, 0) is 23.9 Å². The van der Waals surface area contributed by atoms with Crippen molar-refractivity contribution in [2.24, 2.45) is 0 Å². The van der Waals surface area contributed by atoms with Crippen molar-refractivity contribution in [2.45, 2.75) is 20.0 Å². The Labute approximate surface area is 121 Å². The number of aryl methyl sites for hydroxylation is 1. The maximum atomic E-state index is 4.27. The average Bonchev–Trinajstić information content (AvgIpc) is 3.16. The first-order chi connectivity index (χ1) is 9.83. The molecule has 0 spiro atoms. The third kappa shape index (κ3) is 2.97. The third-order valence-corrected chi connectivity index (χ3v) is 3.97. The third-order valence-electron chi connectivity index (χ3n) is 3.08. The Kier molecular flexibility index (Phi) is 3.94. The SMILES string of the molecule is Cc1cnn(CCNCc2cn[nH]c2-c2cccs2)c1. The lowest BCUT2D eigenvalue weighted by atomic mass is 10.2. The van der Waals surface area contributed by atoms with E-state index in [-0.39, 0.29) is 0 Å². The van der Waals surface area contributed by atoms with Gasteiger partial charge in [-0.1, -0.05) is 6.07 Å². The second-order valence-electron chi connectivity index (χ2n) is 4.71. The van der Waals surface area contributed by atoms with E-state index in [1.165, 1.54) is 16.0 Å². The lowest BCUT2D eigenvalue weighted by Gasteiger charge is -2.05. The summed E-state index contributed by atoms with van der Waals surface area (Å²) in [4.78, 5) is 1.22. The van der Waals surface area contributed by atoms with Gasteiger partial charge in [0.1, 0.15) is 0 Å². The fourth-order valence-electron chi connectivity index (χ4n) is 2.09. The van der Waals surface area contributed by atoms with Gasteiger partial charge in [-0.2, -0.15) is 10.2 Å². The van der Waals surface area contributed by atoms with Gasteiger partial charge in [-0.25, -0.2) is 0 Å². The van der Waals surface area contributed by atoms with Crippen molar-refractivity contribution < 1.29 is 0 Å². The quantitative estimate of drug-likeness (QED) is 0.685. The molecular formula is C14H17N5S. The zero-order valence-electron chi connectivity index (χ0n) is 11.3. The van der Waals surface area contributed by atoms with Gasteiger partial charge in [-0.15, -0.1) is 11.3 Å². The molecule has 104 valence electrons. The molecule has 2 N–H and O–H groups in total. The monoisotopic (exact) mass is 287 g/mol. The predicted octanol–water partition coefficient (Wildman–Crippen LogP) is 2.43. The topological polar surface area (TPSA) is 58.5 Å². The maximum absolute atomic E-state index is 4.27. The largest absolute Gasteiger partial charge is 0.311 e. The lowest BCUT2D eigenvalue weighted by molar-refractivity contribution is 0.555. The minimum atomic E-state index is 0.810. The van der Waals surface area contributed by atoms with Gasteiger partial charge in [0.2, 0.25) is 0 Å². The molecule has 0 unspecified atom stereocenters. The van der Waals surface area contributed by atoms with E-state index in [2.05, 4.69) is 51.2 Å². The molecule has 0 aromatic carbocycles. The maximum Gasteiger partial charge on any atom is 0.0794 e. The minimum absolute atomic E-state index is 0.810. The summed E-state index contributed by atoms with van der Waals surface area (Å²) in [6.07, 6.45) is 5.82. The molecule has 3 aromatic rings. The Morgan fingerprint density at radius 2 is 2.35 bits per heavy atom. The van der Waals surface area contributed by atoms with Gasteiger partial charge in [0, 0.05) is 24.8 Å². The molecule has 5 nitrogen and oxygen atoms in total. The Balaban J connectivity index is 1.53. The second kappa shape index (κ2) is 6.02. The molecule has 6 heteroatoms. The molecular weight excluding hydrogens is 270 g/mol. The summed E-state index contributed by atoms with van der Waals surface area (Å²) in [7, 11) is 0. The van der Waals surface area contributed by atoms with E-state index in [1.807, 2.05) is 17.1 Å². The van der Waals surface area contributed by atoms with Crippen LogP contribution in [0.15, 0.2) is 36.1 Å². The normalized spacial score (nSPS) is 11.1. The predicted molar refractivity (Wildman–Crippen MR) is 80.6 cm³/mol. The number of aromatic nitrogens is 4. The molecule has 20 heavy (non-hydrogen) atoms. The molecule has 0 atom stereocenters. The molecule has 3 aromatic heterocycles. The molecule has 0 saturated carbocycles. The molecule has 0 bridgehead atoms. The number of hydrogen-bond donors (Lipinski definition) is 2. The Morgan fingerprint density at radius 1 is 1.40 bits per heavy atom. The van der Waals surface area contributed by atoms with Crippen LogP contribution in [-0.2, 0) is 13.1 Å². The summed E-state index contributed by atoms with van der Waals surface area (Å²) in [6, 6.07) is 4.16. The van der Waals surface area contributed by atoms with Crippen LogP contribution >= 0.6 is 11.3 Å². The highest BCUT2D eigenvalue weighted by Gasteiger charge is 2.07.